The van der Waals surface area contributed by atoms with Crippen molar-refractivity contribution in [2.45, 2.75) is 37.8 Å². The summed E-state index contributed by atoms with van der Waals surface area (Å²) >= 11 is 0. The molecule has 1 aromatic rings. The van der Waals surface area contributed by atoms with Gasteiger partial charge in [0, 0.05) is 7.11 Å². The van der Waals surface area contributed by atoms with Crippen molar-refractivity contribution in [3.8, 4) is 5.75 Å². The monoisotopic (exact) mass is 321 g/mol. The lowest BCUT2D eigenvalue weighted by molar-refractivity contribution is -0.141. The zero-order valence-corrected chi connectivity index (χ0v) is 13.5. The number of carboxylic acids is 1. The molecule has 2 N–H and O–H groups in total. The molecular formula is C17H23NO5. The fraction of sp³-hybridized carbons (Fsp3) is 0.529. The molecule has 23 heavy (non-hydrogen) atoms. The van der Waals surface area contributed by atoms with Crippen LogP contribution in [0.2, 0.25) is 0 Å². The molecule has 6 nitrogen and oxygen atoms in total. The van der Waals surface area contributed by atoms with Crippen molar-refractivity contribution < 1.29 is 24.2 Å². The van der Waals surface area contributed by atoms with E-state index in [1.54, 1.807) is 31.4 Å². The first kappa shape index (κ1) is 17.3. The minimum absolute atomic E-state index is 0.0544. The molecule has 0 aliphatic heterocycles. The Hall–Kier alpha value is -2.08. The van der Waals surface area contributed by atoms with E-state index in [1.807, 2.05) is 0 Å². The van der Waals surface area contributed by atoms with Gasteiger partial charge in [-0.05, 0) is 37.3 Å². The van der Waals surface area contributed by atoms with Crippen LogP contribution in [0.25, 0.3) is 0 Å². The Morgan fingerprint density at radius 3 is 2.65 bits per heavy atom. The SMILES string of the molecule is COc1ccccc1C(=O)NC(C(=O)O)C1CCCC(OC)C1. The van der Waals surface area contributed by atoms with Gasteiger partial charge in [0.05, 0.1) is 18.8 Å². The van der Waals surface area contributed by atoms with Crippen LogP contribution in [-0.4, -0.2) is 43.3 Å². The molecule has 0 heterocycles. The van der Waals surface area contributed by atoms with Crippen molar-refractivity contribution >= 4 is 11.9 Å². The molecule has 126 valence electrons. The predicted molar refractivity (Wildman–Crippen MR) is 84.6 cm³/mol. The molecule has 0 bridgehead atoms. The normalized spacial score (nSPS) is 22.2. The summed E-state index contributed by atoms with van der Waals surface area (Å²) in [6.45, 7) is 0. The molecule has 3 atom stereocenters. The third-order valence-electron chi connectivity index (χ3n) is 4.38. The minimum atomic E-state index is -1.02. The molecule has 1 aromatic carbocycles. The van der Waals surface area contributed by atoms with Crippen LogP contribution in [0.3, 0.4) is 0 Å². The zero-order chi connectivity index (χ0) is 16.8. The maximum Gasteiger partial charge on any atom is 0.326 e. The van der Waals surface area contributed by atoms with Crippen LogP contribution in [0.15, 0.2) is 24.3 Å². The third-order valence-corrected chi connectivity index (χ3v) is 4.38. The highest BCUT2D eigenvalue weighted by atomic mass is 16.5. The smallest absolute Gasteiger partial charge is 0.326 e. The molecule has 3 unspecified atom stereocenters. The fourth-order valence-corrected chi connectivity index (χ4v) is 3.13. The van der Waals surface area contributed by atoms with Crippen molar-refractivity contribution in [2.75, 3.05) is 14.2 Å². The van der Waals surface area contributed by atoms with Crippen molar-refractivity contribution in [1.29, 1.82) is 0 Å². The van der Waals surface area contributed by atoms with E-state index in [0.29, 0.717) is 17.7 Å². The maximum absolute atomic E-state index is 12.4. The fourth-order valence-electron chi connectivity index (χ4n) is 3.13. The first-order valence-electron chi connectivity index (χ1n) is 7.76. The number of hydrogen-bond acceptors (Lipinski definition) is 4. The second-order valence-electron chi connectivity index (χ2n) is 5.77. The summed E-state index contributed by atoms with van der Waals surface area (Å²) in [5.74, 6) is -1.17. The molecule has 0 radical (unpaired) electrons. The lowest BCUT2D eigenvalue weighted by atomic mass is 9.82. The highest BCUT2D eigenvalue weighted by Crippen LogP contribution is 2.29. The minimum Gasteiger partial charge on any atom is -0.496 e. The van der Waals surface area contributed by atoms with E-state index < -0.39 is 17.9 Å². The number of benzene rings is 1. The van der Waals surface area contributed by atoms with Gasteiger partial charge in [-0.1, -0.05) is 18.6 Å². The number of methoxy groups -OCH3 is 2. The van der Waals surface area contributed by atoms with E-state index in [0.717, 1.165) is 19.3 Å². The largest absolute Gasteiger partial charge is 0.496 e. The van der Waals surface area contributed by atoms with Crippen molar-refractivity contribution in [2.24, 2.45) is 5.92 Å². The molecule has 0 saturated heterocycles. The van der Waals surface area contributed by atoms with Crippen molar-refractivity contribution in [3.05, 3.63) is 29.8 Å². The van der Waals surface area contributed by atoms with E-state index >= 15 is 0 Å². The van der Waals surface area contributed by atoms with Gasteiger partial charge in [-0.2, -0.15) is 0 Å². The molecule has 1 aliphatic carbocycles. The van der Waals surface area contributed by atoms with Gasteiger partial charge in [0.25, 0.3) is 5.91 Å². The van der Waals surface area contributed by atoms with Crippen LogP contribution in [-0.2, 0) is 9.53 Å². The summed E-state index contributed by atoms with van der Waals surface area (Å²) in [6, 6.07) is 5.84. The average molecular weight is 321 g/mol. The Balaban J connectivity index is 2.13. The Morgan fingerprint density at radius 1 is 1.26 bits per heavy atom. The average Bonchev–Trinajstić information content (AvgIpc) is 2.59. The van der Waals surface area contributed by atoms with Crippen LogP contribution in [0.4, 0.5) is 0 Å². The molecule has 0 spiro atoms. The Bertz CT molecular complexity index is 560. The quantitative estimate of drug-likeness (QED) is 0.838. The number of rotatable bonds is 6. The first-order chi connectivity index (χ1) is 11.1. The number of carbonyl (C=O) groups excluding carboxylic acids is 1. The maximum atomic E-state index is 12.4. The number of para-hydroxylation sites is 1. The molecule has 1 fully saturated rings. The number of aliphatic carboxylic acids is 1. The van der Waals surface area contributed by atoms with Gasteiger partial charge in [0.2, 0.25) is 0 Å². The lowest BCUT2D eigenvalue weighted by Gasteiger charge is -2.32. The van der Waals surface area contributed by atoms with Crippen LogP contribution >= 0.6 is 0 Å². The van der Waals surface area contributed by atoms with E-state index in [9.17, 15) is 14.7 Å². The van der Waals surface area contributed by atoms with Gasteiger partial charge in [-0.25, -0.2) is 4.79 Å². The summed E-state index contributed by atoms with van der Waals surface area (Å²) in [5.41, 5.74) is 0.334. The highest BCUT2D eigenvalue weighted by molar-refractivity contribution is 5.99. The molecule has 0 aromatic heterocycles. The van der Waals surface area contributed by atoms with Gasteiger partial charge >= 0.3 is 5.97 Å². The van der Waals surface area contributed by atoms with E-state index in [2.05, 4.69) is 5.32 Å². The molecule has 1 amide bonds. The second kappa shape index (κ2) is 7.97. The number of nitrogens with one attached hydrogen (secondary N) is 1. The highest BCUT2D eigenvalue weighted by Gasteiger charge is 2.34. The number of amides is 1. The third kappa shape index (κ3) is 4.22. The van der Waals surface area contributed by atoms with E-state index in [1.165, 1.54) is 7.11 Å². The van der Waals surface area contributed by atoms with Gasteiger partial charge < -0.3 is 19.9 Å². The summed E-state index contributed by atoms with van der Waals surface area (Å²) < 4.78 is 10.5. The van der Waals surface area contributed by atoms with Crippen LogP contribution in [0.5, 0.6) is 5.75 Å². The number of carbonyl (C=O) groups is 2. The topological polar surface area (TPSA) is 84.9 Å². The first-order valence-corrected chi connectivity index (χ1v) is 7.76. The Labute approximate surface area is 135 Å². The summed E-state index contributed by atoms with van der Waals surface area (Å²) in [4.78, 5) is 24.1. The zero-order valence-electron chi connectivity index (χ0n) is 13.5. The standard InChI is InChI=1S/C17H23NO5/c1-22-12-7-5-6-11(10-12)15(17(20)21)18-16(19)13-8-3-4-9-14(13)23-2/h3-4,8-9,11-12,15H,5-7,10H2,1-2H3,(H,18,19)(H,20,21). The Morgan fingerprint density at radius 2 is 2.00 bits per heavy atom. The van der Waals surface area contributed by atoms with Gasteiger partial charge in [-0.3, -0.25) is 4.79 Å². The van der Waals surface area contributed by atoms with Gasteiger partial charge in [-0.15, -0.1) is 0 Å². The number of ether oxygens (including phenoxy) is 2. The second-order valence-corrected chi connectivity index (χ2v) is 5.77. The summed E-state index contributed by atoms with van der Waals surface area (Å²) in [7, 11) is 3.11. The molecule has 1 saturated carbocycles. The van der Waals surface area contributed by atoms with Crippen LogP contribution in [0, 0.1) is 5.92 Å². The van der Waals surface area contributed by atoms with E-state index in [-0.39, 0.29) is 12.0 Å². The molecular weight excluding hydrogens is 298 g/mol. The van der Waals surface area contributed by atoms with Crippen molar-refractivity contribution in [1.82, 2.24) is 5.32 Å². The van der Waals surface area contributed by atoms with Crippen LogP contribution in [0.1, 0.15) is 36.0 Å². The predicted octanol–water partition coefficient (Wildman–Crippen LogP) is 2.08. The molecule has 6 heteroatoms. The number of carboxylic acid groups (broad SMARTS) is 1. The lowest BCUT2D eigenvalue weighted by Crippen LogP contribution is -2.48. The summed E-state index contributed by atoms with van der Waals surface area (Å²) in [6.07, 6.45) is 3.29. The van der Waals surface area contributed by atoms with Gasteiger partial charge in [0.15, 0.2) is 0 Å². The number of hydrogen-bond donors (Lipinski definition) is 2. The molecule has 2 rings (SSSR count). The molecule has 1 aliphatic rings. The summed E-state index contributed by atoms with van der Waals surface area (Å²) in [5, 5.41) is 12.2. The van der Waals surface area contributed by atoms with Gasteiger partial charge in [0.1, 0.15) is 11.8 Å². The van der Waals surface area contributed by atoms with Crippen LogP contribution < -0.4 is 10.1 Å². The van der Waals surface area contributed by atoms with E-state index in [4.69, 9.17) is 9.47 Å². The Kier molecular flexibility index (Phi) is 5.98. The van der Waals surface area contributed by atoms with Crippen molar-refractivity contribution in [3.63, 3.8) is 0 Å².